The smallest absolute Gasteiger partial charge is 0.478 e. The molecule has 8 nitrogen and oxygen atoms in total. The second-order valence-corrected chi connectivity index (χ2v) is 11.3. The number of carboxylic acids is 1. The lowest BCUT2D eigenvalue weighted by Crippen LogP contribution is -2.35. The minimum Gasteiger partial charge on any atom is -0.478 e. The summed E-state index contributed by atoms with van der Waals surface area (Å²) >= 11 is 0. The van der Waals surface area contributed by atoms with Gasteiger partial charge in [0.2, 0.25) is 0 Å². The van der Waals surface area contributed by atoms with E-state index in [4.69, 9.17) is 4.42 Å². The van der Waals surface area contributed by atoms with Crippen LogP contribution >= 0.6 is 0 Å². The number of carboxylic acid groups (broad SMARTS) is 1. The second-order valence-electron chi connectivity index (χ2n) is 11.3. The van der Waals surface area contributed by atoms with Gasteiger partial charge < -0.3 is 24.5 Å². The van der Waals surface area contributed by atoms with Crippen LogP contribution in [0.25, 0.3) is 44.2 Å². The molecule has 220 valence electrons. The van der Waals surface area contributed by atoms with Crippen LogP contribution in [0.1, 0.15) is 21.5 Å². The molecule has 0 atom stereocenters. The average Bonchev–Trinajstić information content (AvgIpc) is 3.00. The Hall–Kier alpha value is -4.96. The van der Waals surface area contributed by atoms with Gasteiger partial charge in [0.15, 0.2) is 5.43 Å². The molecule has 0 bridgehead atoms. The van der Waals surface area contributed by atoms with Crippen LogP contribution in [-0.4, -0.2) is 54.3 Å². The lowest BCUT2D eigenvalue weighted by Gasteiger charge is -2.21. The fourth-order valence-corrected chi connectivity index (χ4v) is 5.88. The summed E-state index contributed by atoms with van der Waals surface area (Å²) in [6.45, 7) is 0.650. The van der Waals surface area contributed by atoms with Gasteiger partial charge >= 0.3 is 13.1 Å². The number of aromatic carboxylic acids is 1. The van der Waals surface area contributed by atoms with Gasteiger partial charge in [-0.1, -0.05) is 48.5 Å². The van der Waals surface area contributed by atoms with Crippen LogP contribution in [-0.2, 0) is 13.1 Å². The number of rotatable bonds is 8. The molecule has 4 aromatic rings. The summed E-state index contributed by atoms with van der Waals surface area (Å²) in [5.74, 6) is -0.689. The Morgan fingerprint density at radius 2 is 1.50 bits per heavy atom. The van der Waals surface area contributed by atoms with Crippen molar-refractivity contribution in [2.75, 3.05) is 26.0 Å². The zero-order valence-corrected chi connectivity index (χ0v) is 24.6. The van der Waals surface area contributed by atoms with Crippen LogP contribution in [0.15, 0.2) is 100 Å². The summed E-state index contributed by atoms with van der Waals surface area (Å²) in [5.41, 5.74) is 5.01. The summed E-state index contributed by atoms with van der Waals surface area (Å²) in [6.07, 6.45) is 0. The van der Waals surface area contributed by atoms with Crippen molar-refractivity contribution in [3.8, 4) is 22.5 Å². The molecule has 2 aliphatic rings. The fourth-order valence-electron chi connectivity index (χ4n) is 5.88. The van der Waals surface area contributed by atoms with Gasteiger partial charge in [0.25, 0.3) is 0 Å². The van der Waals surface area contributed by atoms with Gasteiger partial charge in [-0.05, 0) is 65.4 Å². The Balaban J connectivity index is 1.56. The third-order valence-electron chi connectivity index (χ3n) is 8.02. The summed E-state index contributed by atoms with van der Waals surface area (Å²) in [6, 6.07) is 27.2. The molecule has 1 aliphatic heterocycles. The number of fused-ring (bicyclic) bond motifs is 4. The molecule has 3 N–H and O–H groups in total. The zero-order chi connectivity index (χ0) is 31.1. The SMILES string of the molecule is CN(Cc1ccccc1B(O)O)Cc1cc2c(-c3ccccc3C(=O)O)c3ccc4cc(N(C)C)ccc4c3oc-2cc1=O. The van der Waals surface area contributed by atoms with Crippen LogP contribution in [0.3, 0.4) is 0 Å². The molecule has 0 saturated heterocycles. The first-order chi connectivity index (χ1) is 21.1. The van der Waals surface area contributed by atoms with Crippen LogP contribution < -0.4 is 15.8 Å². The van der Waals surface area contributed by atoms with Crippen molar-refractivity contribution >= 4 is 46.0 Å². The van der Waals surface area contributed by atoms with Crippen molar-refractivity contribution in [2.45, 2.75) is 13.1 Å². The highest BCUT2D eigenvalue weighted by Gasteiger charge is 2.24. The van der Waals surface area contributed by atoms with Gasteiger partial charge in [-0.25, -0.2) is 4.79 Å². The lowest BCUT2D eigenvalue weighted by atomic mass is 9.77. The van der Waals surface area contributed by atoms with E-state index in [0.717, 1.165) is 27.4 Å². The van der Waals surface area contributed by atoms with Crippen LogP contribution in [0, 0.1) is 0 Å². The first-order valence-electron chi connectivity index (χ1n) is 14.2. The van der Waals surface area contributed by atoms with Crippen LogP contribution in [0.2, 0.25) is 0 Å². The van der Waals surface area contributed by atoms with Crippen molar-refractivity contribution in [3.63, 3.8) is 0 Å². The third kappa shape index (κ3) is 5.33. The van der Waals surface area contributed by atoms with Crippen LogP contribution in [0.4, 0.5) is 5.69 Å². The van der Waals surface area contributed by atoms with Gasteiger partial charge in [-0.15, -0.1) is 0 Å². The topological polar surface area (TPSA) is 114 Å². The molecule has 1 heterocycles. The minimum absolute atomic E-state index is 0.147. The normalized spacial score (nSPS) is 11.5. The highest BCUT2D eigenvalue weighted by Crippen LogP contribution is 2.43. The zero-order valence-electron chi connectivity index (χ0n) is 24.6. The van der Waals surface area contributed by atoms with E-state index in [1.807, 2.05) is 67.3 Å². The number of carbonyl (C=O) groups is 1. The third-order valence-corrected chi connectivity index (χ3v) is 8.02. The molecule has 0 aromatic heterocycles. The molecule has 44 heavy (non-hydrogen) atoms. The summed E-state index contributed by atoms with van der Waals surface area (Å²) in [5, 5.41) is 32.3. The molecular formula is C35H31BN2O6. The molecule has 0 fully saturated rings. The Labute approximate surface area is 254 Å². The Morgan fingerprint density at radius 3 is 2.25 bits per heavy atom. The van der Waals surface area contributed by atoms with E-state index in [2.05, 4.69) is 6.07 Å². The van der Waals surface area contributed by atoms with E-state index in [0.29, 0.717) is 45.6 Å². The molecule has 0 unspecified atom stereocenters. The van der Waals surface area contributed by atoms with Crippen molar-refractivity contribution in [1.29, 1.82) is 0 Å². The lowest BCUT2D eigenvalue weighted by molar-refractivity contribution is 0.0697. The van der Waals surface area contributed by atoms with Gasteiger partial charge in [0.05, 0.1) is 5.56 Å². The standard InChI is InChI=1S/C35H31BN2O6/c1-37(2)24-13-15-25-21(16-24)12-14-28-33(26-9-5-6-10-27(26)35(40)41)29-17-23(31(39)18-32(29)44-34(25)28)20-38(3)19-22-8-4-7-11-30(22)36(42)43/h4-18,42-43H,19-20H2,1-3H3,(H,40,41). The Kier molecular flexibility index (Phi) is 7.69. The predicted octanol–water partition coefficient (Wildman–Crippen LogP) is 4.79. The largest absolute Gasteiger partial charge is 0.488 e. The highest BCUT2D eigenvalue weighted by molar-refractivity contribution is 6.59. The number of hydrogen-bond donors (Lipinski definition) is 3. The average molecular weight is 586 g/mol. The van der Waals surface area contributed by atoms with Crippen molar-refractivity contribution in [3.05, 3.63) is 118 Å². The second kappa shape index (κ2) is 11.6. The number of hydrogen-bond acceptors (Lipinski definition) is 7. The number of benzene rings is 5. The Morgan fingerprint density at radius 1 is 0.795 bits per heavy atom. The van der Waals surface area contributed by atoms with E-state index < -0.39 is 13.1 Å². The fraction of sp³-hybridized carbons (Fsp3) is 0.143. The van der Waals surface area contributed by atoms with Gasteiger partial charge in [-0.3, -0.25) is 9.69 Å². The maximum absolute atomic E-state index is 13.5. The minimum atomic E-state index is -1.60. The van der Waals surface area contributed by atoms with Gasteiger partial charge in [0.1, 0.15) is 11.3 Å². The first-order valence-corrected chi connectivity index (χ1v) is 14.2. The van der Waals surface area contributed by atoms with E-state index in [1.165, 1.54) is 6.07 Å². The number of anilines is 1. The molecule has 1 aliphatic carbocycles. The predicted molar refractivity (Wildman–Crippen MR) is 175 cm³/mol. The highest BCUT2D eigenvalue weighted by atomic mass is 16.4. The maximum Gasteiger partial charge on any atom is 0.488 e. The molecule has 0 amide bonds. The van der Waals surface area contributed by atoms with Crippen molar-refractivity contribution in [2.24, 2.45) is 0 Å². The molecule has 0 radical (unpaired) electrons. The monoisotopic (exact) mass is 586 g/mol. The molecule has 6 rings (SSSR count). The van der Waals surface area contributed by atoms with E-state index >= 15 is 0 Å². The summed E-state index contributed by atoms with van der Waals surface area (Å²) < 4.78 is 6.47. The molecule has 0 saturated carbocycles. The van der Waals surface area contributed by atoms with E-state index in [9.17, 15) is 24.7 Å². The van der Waals surface area contributed by atoms with Crippen molar-refractivity contribution < 1.29 is 24.4 Å². The molecular weight excluding hydrogens is 555 g/mol. The Bertz CT molecular complexity index is 2070. The summed E-state index contributed by atoms with van der Waals surface area (Å²) in [4.78, 5) is 29.8. The molecule has 0 spiro atoms. The maximum atomic E-state index is 13.5. The van der Waals surface area contributed by atoms with Crippen molar-refractivity contribution in [1.82, 2.24) is 4.90 Å². The molecule has 4 aromatic carbocycles. The van der Waals surface area contributed by atoms with Gasteiger partial charge in [-0.2, -0.15) is 0 Å². The van der Waals surface area contributed by atoms with Crippen LogP contribution in [0.5, 0.6) is 0 Å². The van der Waals surface area contributed by atoms with E-state index in [1.54, 1.807) is 42.5 Å². The first kappa shape index (κ1) is 29.1. The van der Waals surface area contributed by atoms with E-state index in [-0.39, 0.29) is 17.5 Å². The summed E-state index contributed by atoms with van der Waals surface area (Å²) in [7, 11) is 4.19. The van der Waals surface area contributed by atoms with Gasteiger partial charge in [0, 0.05) is 66.4 Å². The quantitative estimate of drug-likeness (QED) is 0.133. The number of nitrogens with zero attached hydrogens (tertiary/aromatic N) is 2. The molecule has 9 heteroatoms.